The fourth-order valence-corrected chi connectivity index (χ4v) is 1.72. The molecule has 0 aliphatic rings. The highest BCUT2D eigenvalue weighted by Crippen LogP contribution is 2.17. The Bertz CT molecular complexity index is 687. The van der Waals surface area contributed by atoms with Gasteiger partial charge in [0, 0.05) is 0 Å². The van der Waals surface area contributed by atoms with Crippen molar-refractivity contribution in [3.63, 3.8) is 0 Å². The maximum absolute atomic E-state index is 12.1. The van der Waals surface area contributed by atoms with Crippen LogP contribution in [0.3, 0.4) is 0 Å². The highest BCUT2D eigenvalue weighted by atomic mass is 16.6. The summed E-state index contributed by atoms with van der Waals surface area (Å²) in [7, 11) is 1.23. The highest BCUT2D eigenvalue weighted by Gasteiger charge is 2.24. The molecule has 0 bridgehead atoms. The fraction of sp³-hybridized carbons (Fsp3) is 0.500. The minimum atomic E-state index is -0.791. The van der Waals surface area contributed by atoms with Gasteiger partial charge in [-0.25, -0.2) is 14.6 Å². The van der Waals surface area contributed by atoms with Crippen LogP contribution in [0.25, 0.3) is 0 Å². The molecule has 9 heteroatoms. The molecule has 0 saturated carbocycles. The minimum absolute atomic E-state index is 0.0318. The number of aryl methyl sites for hydroxylation is 1. The smallest absolute Gasteiger partial charge is 0.412 e. The lowest BCUT2D eigenvalue weighted by atomic mass is 10.2. The van der Waals surface area contributed by atoms with E-state index in [-0.39, 0.29) is 23.0 Å². The van der Waals surface area contributed by atoms with Gasteiger partial charge in [0.15, 0.2) is 5.69 Å². The molecule has 0 aliphatic heterocycles. The van der Waals surface area contributed by atoms with Gasteiger partial charge in [0.2, 0.25) is 5.89 Å². The Balaban J connectivity index is 2.69. The predicted molar refractivity (Wildman–Crippen MR) is 87.6 cm³/mol. The van der Waals surface area contributed by atoms with Crippen molar-refractivity contribution in [2.45, 2.75) is 46.3 Å². The summed E-state index contributed by atoms with van der Waals surface area (Å²) in [6, 6.07) is -0.665. The van der Waals surface area contributed by atoms with Crippen molar-refractivity contribution in [2.24, 2.45) is 0 Å². The number of alkyl carbamates (subject to hydrolysis) is 1. The van der Waals surface area contributed by atoms with E-state index in [9.17, 15) is 14.4 Å². The molecule has 1 rings (SSSR count). The number of oxazole rings is 1. The van der Waals surface area contributed by atoms with Gasteiger partial charge in [-0.2, -0.15) is 0 Å². The standard InChI is InChI=1S/C16H23N3O6/c1-8(18-15(22)25-16(4,5)6)12(20)17-9(2)13-19-11(10(3)24-13)14(21)23-7/h9H,1H2,2-7H3,(H,17,20)(H,18,22)/t9-/m1/s1. The van der Waals surface area contributed by atoms with Gasteiger partial charge in [-0.1, -0.05) is 6.58 Å². The van der Waals surface area contributed by atoms with Crippen molar-refractivity contribution in [2.75, 3.05) is 7.11 Å². The maximum Gasteiger partial charge on any atom is 0.412 e. The van der Waals surface area contributed by atoms with Gasteiger partial charge in [0.05, 0.1) is 7.11 Å². The van der Waals surface area contributed by atoms with E-state index in [2.05, 4.69) is 26.9 Å². The summed E-state index contributed by atoms with van der Waals surface area (Å²) in [5.74, 6) is -0.888. The van der Waals surface area contributed by atoms with Gasteiger partial charge in [-0.3, -0.25) is 10.1 Å². The van der Waals surface area contributed by atoms with E-state index in [0.717, 1.165) is 0 Å². The molecule has 2 amide bonds. The number of nitrogens with zero attached hydrogens (tertiary/aromatic N) is 1. The molecular formula is C16H23N3O6. The second kappa shape index (κ2) is 7.82. The topological polar surface area (TPSA) is 120 Å². The molecule has 0 saturated heterocycles. The first-order valence-electron chi connectivity index (χ1n) is 7.50. The van der Waals surface area contributed by atoms with E-state index in [1.54, 1.807) is 34.6 Å². The zero-order chi connectivity index (χ0) is 19.4. The van der Waals surface area contributed by atoms with Crippen molar-refractivity contribution in [3.05, 3.63) is 29.6 Å². The molecule has 1 heterocycles. The molecule has 0 fully saturated rings. The molecule has 0 spiro atoms. The normalized spacial score (nSPS) is 12.1. The minimum Gasteiger partial charge on any atom is -0.464 e. The van der Waals surface area contributed by atoms with Crippen LogP contribution in [-0.4, -0.2) is 35.7 Å². The molecule has 138 valence electrons. The van der Waals surface area contributed by atoms with Crippen molar-refractivity contribution in [1.29, 1.82) is 0 Å². The largest absolute Gasteiger partial charge is 0.464 e. The van der Waals surface area contributed by atoms with Crippen LogP contribution in [-0.2, 0) is 14.3 Å². The van der Waals surface area contributed by atoms with Gasteiger partial charge in [-0.15, -0.1) is 0 Å². The number of hydrogen-bond acceptors (Lipinski definition) is 7. The van der Waals surface area contributed by atoms with E-state index in [0.29, 0.717) is 0 Å². The van der Waals surface area contributed by atoms with Crippen LogP contribution in [0.4, 0.5) is 4.79 Å². The van der Waals surface area contributed by atoms with E-state index < -0.39 is 29.6 Å². The lowest BCUT2D eigenvalue weighted by Crippen LogP contribution is -2.38. The zero-order valence-corrected chi connectivity index (χ0v) is 15.2. The van der Waals surface area contributed by atoms with E-state index in [1.807, 2.05) is 0 Å². The third-order valence-corrected chi connectivity index (χ3v) is 2.84. The number of rotatable bonds is 5. The molecule has 1 aromatic heterocycles. The number of esters is 1. The molecule has 0 aliphatic carbocycles. The lowest BCUT2D eigenvalue weighted by molar-refractivity contribution is -0.118. The molecule has 0 radical (unpaired) electrons. The van der Waals surface area contributed by atoms with Gasteiger partial charge in [-0.05, 0) is 34.6 Å². The Kier molecular flexibility index (Phi) is 6.32. The van der Waals surface area contributed by atoms with Crippen LogP contribution in [0, 0.1) is 6.92 Å². The Morgan fingerprint density at radius 3 is 2.40 bits per heavy atom. The van der Waals surface area contributed by atoms with Crippen molar-refractivity contribution in [1.82, 2.24) is 15.6 Å². The summed E-state index contributed by atoms with van der Waals surface area (Å²) in [5, 5.41) is 4.79. The second-order valence-electron chi connectivity index (χ2n) is 6.25. The second-order valence-corrected chi connectivity index (χ2v) is 6.25. The number of amides is 2. The Morgan fingerprint density at radius 1 is 1.28 bits per heavy atom. The van der Waals surface area contributed by atoms with Gasteiger partial charge in [0.25, 0.3) is 5.91 Å². The number of carbonyl (C=O) groups excluding carboxylic acids is 3. The van der Waals surface area contributed by atoms with Crippen LogP contribution >= 0.6 is 0 Å². The molecule has 25 heavy (non-hydrogen) atoms. The van der Waals surface area contributed by atoms with Gasteiger partial charge in [0.1, 0.15) is 23.1 Å². The van der Waals surface area contributed by atoms with Crippen LogP contribution in [0.5, 0.6) is 0 Å². The molecule has 1 atom stereocenters. The lowest BCUT2D eigenvalue weighted by Gasteiger charge is -2.20. The van der Waals surface area contributed by atoms with Crippen LogP contribution in [0.1, 0.15) is 55.9 Å². The summed E-state index contributed by atoms with van der Waals surface area (Å²) < 4.78 is 15.0. The monoisotopic (exact) mass is 353 g/mol. The first-order valence-corrected chi connectivity index (χ1v) is 7.50. The number of nitrogens with one attached hydrogen (secondary N) is 2. The third-order valence-electron chi connectivity index (χ3n) is 2.84. The van der Waals surface area contributed by atoms with Crippen molar-refractivity contribution < 1.29 is 28.3 Å². The van der Waals surface area contributed by atoms with E-state index in [4.69, 9.17) is 9.15 Å². The Hall–Kier alpha value is -2.84. The molecule has 0 aromatic carbocycles. The number of aromatic nitrogens is 1. The molecule has 1 aromatic rings. The molecular weight excluding hydrogens is 330 g/mol. The van der Waals surface area contributed by atoms with Crippen LogP contribution < -0.4 is 10.6 Å². The molecule has 2 N–H and O–H groups in total. The average Bonchev–Trinajstić information content (AvgIpc) is 2.86. The van der Waals surface area contributed by atoms with Crippen molar-refractivity contribution in [3.8, 4) is 0 Å². The Labute approximate surface area is 145 Å². The summed E-state index contributed by atoms with van der Waals surface area (Å²) in [5.41, 5.74) is -0.865. The third kappa shape index (κ3) is 5.94. The van der Waals surface area contributed by atoms with Crippen LogP contribution in [0.2, 0.25) is 0 Å². The fourth-order valence-electron chi connectivity index (χ4n) is 1.72. The first-order chi connectivity index (χ1) is 11.4. The summed E-state index contributed by atoms with van der Waals surface area (Å²) in [6.07, 6.45) is -0.791. The SMILES string of the molecule is C=C(NC(=O)OC(C)(C)C)C(=O)N[C@H](C)c1nc(C(=O)OC)c(C)o1. The predicted octanol–water partition coefficient (Wildman–Crippen LogP) is 1.99. The highest BCUT2D eigenvalue weighted by molar-refractivity contribution is 5.95. The number of methoxy groups -OCH3 is 1. The number of hydrogen-bond donors (Lipinski definition) is 2. The Morgan fingerprint density at radius 2 is 1.88 bits per heavy atom. The van der Waals surface area contributed by atoms with Gasteiger partial charge >= 0.3 is 12.1 Å². The summed E-state index contributed by atoms with van der Waals surface area (Å²) in [4.78, 5) is 39.2. The number of carbonyl (C=O) groups is 3. The van der Waals surface area contributed by atoms with Gasteiger partial charge < -0.3 is 19.2 Å². The van der Waals surface area contributed by atoms with Crippen LogP contribution in [0.15, 0.2) is 16.7 Å². The quantitative estimate of drug-likeness (QED) is 0.613. The maximum atomic E-state index is 12.1. The summed E-state index contributed by atoms with van der Waals surface area (Å²) in [6.45, 7) is 11.7. The zero-order valence-electron chi connectivity index (χ0n) is 15.2. The van der Waals surface area contributed by atoms with Crippen molar-refractivity contribution >= 4 is 18.0 Å². The van der Waals surface area contributed by atoms with E-state index >= 15 is 0 Å². The van der Waals surface area contributed by atoms with E-state index in [1.165, 1.54) is 7.11 Å². The molecule has 9 nitrogen and oxygen atoms in total. The average molecular weight is 353 g/mol. The molecule has 0 unspecified atom stereocenters. The number of ether oxygens (including phenoxy) is 2. The first kappa shape index (κ1) is 20.2. The summed E-state index contributed by atoms with van der Waals surface area (Å²) >= 11 is 0.